The molecule has 30 heavy (non-hydrogen) atoms. The standard InChI is InChI=1S/C25H19N3O2/c1-25(2,3)28-13-14(12-26)19-20(17-10-6-7-11-18(17)29)21-22(27-24(19)28)15-8-4-5-9-16(15)23(21)30/h4-11,13,29H,1-3H3. The Bertz CT molecular complexity index is 1420. The van der Waals surface area contributed by atoms with E-state index in [2.05, 4.69) is 6.07 Å². The van der Waals surface area contributed by atoms with E-state index >= 15 is 0 Å². The first-order chi connectivity index (χ1) is 14.3. The van der Waals surface area contributed by atoms with Crippen LogP contribution in [0, 0.1) is 11.3 Å². The third-order valence-electron chi connectivity index (χ3n) is 5.60. The molecular formula is C25H19N3O2. The Morgan fingerprint density at radius 2 is 1.60 bits per heavy atom. The Labute approximate surface area is 173 Å². The molecule has 5 nitrogen and oxygen atoms in total. The SMILES string of the molecule is CC(C)(C)n1cc(C#N)c2c(-c3ccccc3O)c3c(nc21)-c1ccccc1C3=O. The molecule has 0 atom stereocenters. The Balaban J connectivity index is 2.05. The number of fused-ring (bicyclic) bond motifs is 4. The summed E-state index contributed by atoms with van der Waals surface area (Å²) < 4.78 is 1.97. The van der Waals surface area contributed by atoms with Gasteiger partial charge in [-0.1, -0.05) is 42.5 Å². The molecule has 5 rings (SSSR count). The smallest absolute Gasteiger partial charge is 0.196 e. The average Bonchev–Trinajstić information content (AvgIpc) is 3.24. The lowest BCUT2D eigenvalue weighted by atomic mass is 9.93. The molecular weight excluding hydrogens is 374 g/mol. The summed E-state index contributed by atoms with van der Waals surface area (Å²) in [5.74, 6) is -0.0796. The lowest BCUT2D eigenvalue weighted by Gasteiger charge is -2.22. The maximum atomic E-state index is 13.4. The fourth-order valence-electron chi connectivity index (χ4n) is 4.25. The molecule has 2 aromatic heterocycles. The first-order valence-electron chi connectivity index (χ1n) is 9.75. The van der Waals surface area contributed by atoms with E-state index in [4.69, 9.17) is 4.98 Å². The first kappa shape index (κ1) is 18.1. The number of nitrogens with zero attached hydrogens (tertiary/aromatic N) is 3. The quantitative estimate of drug-likeness (QED) is 0.422. The highest BCUT2D eigenvalue weighted by molar-refractivity contribution is 6.27. The highest BCUT2D eigenvalue weighted by atomic mass is 16.3. The van der Waals surface area contributed by atoms with Crippen molar-refractivity contribution in [3.63, 3.8) is 0 Å². The van der Waals surface area contributed by atoms with Crippen LogP contribution in [-0.4, -0.2) is 20.4 Å². The van der Waals surface area contributed by atoms with Gasteiger partial charge in [0, 0.05) is 39.4 Å². The van der Waals surface area contributed by atoms with Gasteiger partial charge in [0.1, 0.15) is 17.5 Å². The zero-order valence-electron chi connectivity index (χ0n) is 16.9. The number of hydrogen-bond acceptors (Lipinski definition) is 4. The summed E-state index contributed by atoms with van der Waals surface area (Å²) in [7, 11) is 0. The Hall–Kier alpha value is -3.91. The number of nitriles is 1. The van der Waals surface area contributed by atoms with Gasteiger partial charge in [-0.15, -0.1) is 0 Å². The van der Waals surface area contributed by atoms with E-state index in [0.717, 1.165) is 5.56 Å². The molecule has 0 spiro atoms. The monoisotopic (exact) mass is 393 g/mol. The molecule has 1 aliphatic carbocycles. The number of para-hydroxylation sites is 1. The molecule has 1 N–H and O–H groups in total. The molecule has 0 radical (unpaired) electrons. The lowest BCUT2D eigenvalue weighted by Crippen LogP contribution is -2.21. The van der Waals surface area contributed by atoms with E-state index in [1.165, 1.54) is 0 Å². The van der Waals surface area contributed by atoms with Crippen LogP contribution in [0.25, 0.3) is 33.4 Å². The number of ketones is 1. The third-order valence-corrected chi connectivity index (χ3v) is 5.60. The summed E-state index contributed by atoms with van der Waals surface area (Å²) >= 11 is 0. The number of phenols is 1. The van der Waals surface area contributed by atoms with Gasteiger partial charge in [-0.25, -0.2) is 4.98 Å². The first-order valence-corrected chi connectivity index (χ1v) is 9.75. The fourth-order valence-corrected chi connectivity index (χ4v) is 4.25. The molecule has 1 aliphatic rings. The number of rotatable bonds is 1. The van der Waals surface area contributed by atoms with Crippen molar-refractivity contribution < 1.29 is 9.90 Å². The van der Waals surface area contributed by atoms with Gasteiger partial charge >= 0.3 is 0 Å². The third kappa shape index (κ3) is 2.34. The highest BCUT2D eigenvalue weighted by Crippen LogP contribution is 2.47. The maximum Gasteiger partial charge on any atom is 0.196 e. The van der Waals surface area contributed by atoms with Crippen LogP contribution < -0.4 is 0 Å². The number of pyridine rings is 1. The summed E-state index contributed by atoms with van der Waals surface area (Å²) in [6.07, 6.45) is 1.78. The summed E-state index contributed by atoms with van der Waals surface area (Å²) in [6, 6.07) is 16.6. The Morgan fingerprint density at radius 1 is 0.967 bits per heavy atom. The zero-order valence-corrected chi connectivity index (χ0v) is 16.9. The predicted octanol–water partition coefficient (Wildman–Crippen LogP) is 5.25. The van der Waals surface area contributed by atoms with Crippen molar-refractivity contribution >= 4 is 16.8 Å². The highest BCUT2D eigenvalue weighted by Gasteiger charge is 2.35. The van der Waals surface area contributed by atoms with Crippen molar-refractivity contribution in [2.75, 3.05) is 0 Å². The molecule has 0 aliphatic heterocycles. The minimum Gasteiger partial charge on any atom is -0.507 e. The van der Waals surface area contributed by atoms with Crippen molar-refractivity contribution in [3.05, 3.63) is 71.4 Å². The molecule has 2 heterocycles. The molecule has 2 aromatic carbocycles. The summed E-state index contributed by atoms with van der Waals surface area (Å²) in [4.78, 5) is 18.3. The minimum atomic E-state index is -0.327. The van der Waals surface area contributed by atoms with Crippen LogP contribution in [0.15, 0.2) is 54.7 Å². The number of aromatic nitrogens is 2. The topological polar surface area (TPSA) is 78.9 Å². The van der Waals surface area contributed by atoms with Gasteiger partial charge in [-0.2, -0.15) is 5.26 Å². The molecule has 0 bridgehead atoms. The second kappa shape index (κ2) is 6.04. The number of carbonyl (C=O) groups excluding carboxylic acids is 1. The second-order valence-corrected chi connectivity index (χ2v) is 8.50. The second-order valence-electron chi connectivity index (χ2n) is 8.50. The van der Waals surface area contributed by atoms with Gasteiger partial charge in [0.25, 0.3) is 0 Å². The van der Waals surface area contributed by atoms with Gasteiger partial charge in [-0.05, 0) is 26.8 Å². The number of carbonyl (C=O) groups is 1. The lowest BCUT2D eigenvalue weighted by molar-refractivity contribution is 0.104. The molecule has 146 valence electrons. The molecule has 0 unspecified atom stereocenters. The Kier molecular flexibility index (Phi) is 3.65. The summed E-state index contributed by atoms with van der Waals surface area (Å²) in [5, 5.41) is 21.2. The maximum absolute atomic E-state index is 13.4. The van der Waals surface area contributed by atoms with Crippen LogP contribution in [0.2, 0.25) is 0 Å². The molecule has 0 saturated heterocycles. The van der Waals surface area contributed by atoms with Crippen LogP contribution in [0.3, 0.4) is 0 Å². The Morgan fingerprint density at radius 3 is 2.23 bits per heavy atom. The molecule has 0 fully saturated rings. The van der Waals surface area contributed by atoms with Crippen LogP contribution in [0.5, 0.6) is 5.75 Å². The van der Waals surface area contributed by atoms with E-state index in [0.29, 0.717) is 44.5 Å². The van der Waals surface area contributed by atoms with Crippen LogP contribution in [0.4, 0.5) is 0 Å². The number of phenolic OH excluding ortho intramolecular Hbond substituents is 1. The van der Waals surface area contributed by atoms with E-state index in [1.807, 2.05) is 49.6 Å². The summed E-state index contributed by atoms with van der Waals surface area (Å²) in [6.45, 7) is 6.13. The van der Waals surface area contributed by atoms with E-state index in [1.54, 1.807) is 30.5 Å². The van der Waals surface area contributed by atoms with E-state index < -0.39 is 0 Å². The molecule has 0 saturated carbocycles. The normalized spacial score (nSPS) is 12.7. The number of hydrogen-bond donors (Lipinski definition) is 1. The van der Waals surface area contributed by atoms with Crippen molar-refractivity contribution in [1.82, 2.24) is 9.55 Å². The van der Waals surface area contributed by atoms with Gasteiger partial charge in [-0.3, -0.25) is 4.79 Å². The molecule has 0 amide bonds. The predicted molar refractivity (Wildman–Crippen MR) is 115 cm³/mol. The van der Waals surface area contributed by atoms with E-state index in [9.17, 15) is 15.2 Å². The average molecular weight is 393 g/mol. The largest absolute Gasteiger partial charge is 0.507 e. The molecule has 5 heteroatoms. The van der Waals surface area contributed by atoms with Crippen molar-refractivity contribution in [3.8, 4) is 34.2 Å². The number of aromatic hydroxyl groups is 1. The van der Waals surface area contributed by atoms with Gasteiger partial charge in [0.05, 0.1) is 16.8 Å². The van der Waals surface area contributed by atoms with Crippen molar-refractivity contribution in [2.45, 2.75) is 26.3 Å². The summed E-state index contributed by atoms with van der Waals surface area (Å²) in [5.41, 5.74) is 4.20. The van der Waals surface area contributed by atoms with Gasteiger partial charge < -0.3 is 9.67 Å². The minimum absolute atomic E-state index is 0.0587. The fraction of sp³-hybridized carbons (Fsp3) is 0.160. The van der Waals surface area contributed by atoms with Gasteiger partial charge in [0.15, 0.2) is 5.78 Å². The van der Waals surface area contributed by atoms with Crippen LogP contribution in [0.1, 0.15) is 42.3 Å². The van der Waals surface area contributed by atoms with Crippen molar-refractivity contribution in [2.24, 2.45) is 0 Å². The molecule has 4 aromatic rings. The van der Waals surface area contributed by atoms with Gasteiger partial charge in [0.2, 0.25) is 0 Å². The van der Waals surface area contributed by atoms with Crippen LogP contribution >= 0.6 is 0 Å². The van der Waals surface area contributed by atoms with Crippen LogP contribution in [-0.2, 0) is 5.54 Å². The zero-order chi connectivity index (χ0) is 21.2. The van der Waals surface area contributed by atoms with E-state index in [-0.39, 0.29) is 17.1 Å². The number of benzene rings is 2. The van der Waals surface area contributed by atoms with Crippen molar-refractivity contribution in [1.29, 1.82) is 5.26 Å².